The van der Waals surface area contributed by atoms with Crippen LogP contribution in [-0.4, -0.2) is 44.4 Å². The molecule has 1 aromatic rings. The van der Waals surface area contributed by atoms with Crippen molar-refractivity contribution < 1.29 is 24.1 Å². The average Bonchev–Trinajstić information content (AvgIpc) is 2.40. The Morgan fingerprint density at radius 3 is 2.67 bits per heavy atom. The summed E-state index contributed by atoms with van der Waals surface area (Å²) in [7, 11) is 0. The van der Waals surface area contributed by atoms with Crippen molar-refractivity contribution in [2.24, 2.45) is 0 Å². The minimum Gasteiger partial charge on any atom is -0.490 e. The zero-order valence-corrected chi connectivity index (χ0v) is 10.4. The zero-order chi connectivity index (χ0) is 13.2. The van der Waals surface area contributed by atoms with Crippen LogP contribution >= 0.6 is 0 Å². The molecule has 5 nitrogen and oxygen atoms in total. The minimum atomic E-state index is -0.00176. The van der Waals surface area contributed by atoms with Crippen molar-refractivity contribution in [3.63, 3.8) is 0 Å². The first-order chi connectivity index (χ1) is 8.81. The van der Waals surface area contributed by atoms with Crippen LogP contribution in [0.5, 0.6) is 11.5 Å². The van der Waals surface area contributed by atoms with Gasteiger partial charge in [-0.3, -0.25) is 4.79 Å². The number of carbonyl (C=O) groups is 1. The lowest BCUT2D eigenvalue weighted by Crippen LogP contribution is -2.10. The third-order valence-electron chi connectivity index (χ3n) is 2.12. The molecule has 0 aliphatic rings. The van der Waals surface area contributed by atoms with Crippen molar-refractivity contribution in [3.8, 4) is 11.5 Å². The summed E-state index contributed by atoms with van der Waals surface area (Å²) in [5.41, 5.74) is 0.544. The molecule has 1 aromatic carbocycles. The average molecular weight is 254 g/mol. The van der Waals surface area contributed by atoms with E-state index in [1.165, 1.54) is 0 Å². The third-order valence-corrected chi connectivity index (χ3v) is 2.12. The first-order valence-corrected chi connectivity index (χ1v) is 5.85. The number of aliphatic hydroxyl groups excluding tert-OH is 1. The Labute approximate surface area is 106 Å². The second-order valence-electron chi connectivity index (χ2n) is 3.44. The van der Waals surface area contributed by atoms with Gasteiger partial charge in [0.05, 0.1) is 26.4 Å². The summed E-state index contributed by atoms with van der Waals surface area (Å²) in [4.78, 5) is 10.7. The Morgan fingerprint density at radius 2 is 2.00 bits per heavy atom. The van der Waals surface area contributed by atoms with Crippen molar-refractivity contribution in [2.75, 3.05) is 33.0 Å². The van der Waals surface area contributed by atoms with E-state index in [2.05, 4.69) is 0 Å². The number of benzene rings is 1. The Bertz CT molecular complexity index is 364. The number of aliphatic hydroxyl groups is 1. The highest BCUT2D eigenvalue weighted by Gasteiger charge is 2.06. The van der Waals surface area contributed by atoms with Crippen molar-refractivity contribution in [2.45, 2.75) is 6.92 Å². The van der Waals surface area contributed by atoms with Crippen LogP contribution < -0.4 is 9.47 Å². The Kier molecular flexibility index (Phi) is 6.83. The van der Waals surface area contributed by atoms with Gasteiger partial charge in [-0.15, -0.1) is 0 Å². The fraction of sp³-hybridized carbons (Fsp3) is 0.462. The molecular weight excluding hydrogens is 236 g/mol. The molecular formula is C13H18O5. The summed E-state index contributed by atoms with van der Waals surface area (Å²) in [5.74, 6) is 1.12. The van der Waals surface area contributed by atoms with Crippen LogP contribution in [0.1, 0.15) is 17.3 Å². The fourth-order valence-electron chi connectivity index (χ4n) is 1.36. The number of hydrogen-bond acceptors (Lipinski definition) is 5. The molecule has 0 aromatic heterocycles. The molecule has 0 spiro atoms. The number of aldehydes is 1. The normalized spacial score (nSPS) is 10.1. The largest absolute Gasteiger partial charge is 0.490 e. The second-order valence-corrected chi connectivity index (χ2v) is 3.44. The third kappa shape index (κ3) is 4.73. The van der Waals surface area contributed by atoms with Crippen molar-refractivity contribution >= 4 is 6.29 Å². The van der Waals surface area contributed by atoms with Gasteiger partial charge in [-0.1, -0.05) is 0 Å². The van der Waals surface area contributed by atoms with E-state index in [-0.39, 0.29) is 6.61 Å². The summed E-state index contributed by atoms with van der Waals surface area (Å²) in [5, 5.41) is 8.54. The molecule has 0 amide bonds. The van der Waals surface area contributed by atoms with E-state index in [0.29, 0.717) is 43.5 Å². The van der Waals surface area contributed by atoms with Gasteiger partial charge in [-0.2, -0.15) is 0 Å². The lowest BCUT2D eigenvalue weighted by atomic mass is 10.2. The summed E-state index contributed by atoms with van der Waals surface area (Å²) >= 11 is 0. The van der Waals surface area contributed by atoms with Crippen LogP contribution in [-0.2, 0) is 4.74 Å². The molecule has 1 rings (SSSR count). The molecule has 100 valence electrons. The van der Waals surface area contributed by atoms with Crippen LogP contribution in [0.2, 0.25) is 0 Å². The van der Waals surface area contributed by atoms with Gasteiger partial charge in [0.1, 0.15) is 12.9 Å². The summed E-state index contributed by atoms with van der Waals surface area (Å²) < 4.78 is 16.0. The number of ether oxygens (including phenoxy) is 3. The molecule has 0 atom stereocenters. The van der Waals surface area contributed by atoms with E-state index in [0.717, 1.165) is 6.29 Å². The predicted molar refractivity (Wildman–Crippen MR) is 66.4 cm³/mol. The van der Waals surface area contributed by atoms with Crippen LogP contribution in [0.4, 0.5) is 0 Å². The van der Waals surface area contributed by atoms with E-state index in [4.69, 9.17) is 19.3 Å². The van der Waals surface area contributed by atoms with E-state index < -0.39 is 0 Å². The first-order valence-electron chi connectivity index (χ1n) is 5.85. The Hall–Kier alpha value is -1.59. The van der Waals surface area contributed by atoms with E-state index in [9.17, 15) is 4.79 Å². The van der Waals surface area contributed by atoms with E-state index >= 15 is 0 Å². The molecule has 0 bridgehead atoms. The van der Waals surface area contributed by atoms with Crippen LogP contribution in [0.25, 0.3) is 0 Å². The molecule has 0 saturated heterocycles. The maximum atomic E-state index is 10.7. The summed E-state index contributed by atoms with van der Waals surface area (Å²) in [6.45, 7) is 3.41. The van der Waals surface area contributed by atoms with Gasteiger partial charge in [-0.05, 0) is 25.1 Å². The second kappa shape index (κ2) is 8.49. The van der Waals surface area contributed by atoms with Crippen LogP contribution in [0.15, 0.2) is 18.2 Å². The van der Waals surface area contributed by atoms with Crippen molar-refractivity contribution in [1.29, 1.82) is 0 Å². The predicted octanol–water partition coefficient (Wildman–Crippen LogP) is 1.29. The van der Waals surface area contributed by atoms with Gasteiger partial charge >= 0.3 is 0 Å². The monoisotopic (exact) mass is 254 g/mol. The lowest BCUT2D eigenvalue weighted by molar-refractivity contribution is 0.0697. The highest BCUT2D eigenvalue weighted by Crippen LogP contribution is 2.27. The van der Waals surface area contributed by atoms with Gasteiger partial charge in [0.15, 0.2) is 11.5 Å². The molecule has 5 heteroatoms. The highest BCUT2D eigenvalue weighted by atomic mass is 16.5. The molecule has 0 aliphatic heterocycles. The van der Waals surface area contributed by atoms with Crippen molar-refractivity contribution in [1.82, 2.24) is 0 Å². The number of rotatable bonds is 9. The Morgan fingerprint density at radius 1 is 1.17 bits per heavy atom. The minimum absolute atomic E-state index is 0.00176. The molecule has 18 heavy (non-hydrogen) atoms. The lowest BCUT2D eigenvalue weighted by Gasteiger charge is -2.12. The summed E-state index contributed by atoms with van der Waals surface area (Å²) in [6.07, 6.45) is 0.761. The fourth-order valence-corrected chi connectivity index (χ4v) is 1.36. The van der Waals surface area contributed by atoms with Gasteiger partial charge in [-0.25, -0.2) is 0 Å². The van der Waals surface area contributed by atoms with Gasteiger partial charge in [0.25, 0.3) is 0 Å². The molecule has 1 N–H and O–H groups in total. The molecule has 0 saturated carbocycles. The number of carbonyl (C=O) groups excluding carboxylic acids is 1. The standard InChI is InChI=1S/C13H18O5/c1-2-17-13-9-11(10-15)3-4-12(13)18-8-7-16-6-5-14/h3-4,9-10,14H,2,5-8H2,1H3. The Balaban J connectivity index is 2.54. The van der Waals surface area contributed by atoms with Gasteiger partial charge < -0.3 is 19.3 Å². The van der Waals surface area contributed by atoms with E-state index in [1.54, 1.807) is 18.2 Å². The van der Waals surface area contributed by atoms with Gasteiger partial charge in [0, 0.05) is 5.56 Å². The van der Waals surface area contributed by atoms with Crippen molar-refractivity contribution in [3.05, 3.63) is 23.8 Å². The van der Waals surface area contributed by atoms with E-state index in [1.807, 2.05) is 6.92 Å². The molecule has 0 heterocycles. The van der Waals surface area contributed by atoms with Gasteiger partial charge in [0.2, 0.25) is 0 Å². The molecule has 0 fully saturated rings. The SMILES string of the molecule is CCOc1cc(C=O)ccc1OCCOCCO. The quantitative estimate of drug-likeness (QED) is 0.531. The molecule has 0 aliphatic carbocycles. The first kappa shape index (κ1) is 14.5. The maximum absolute atomic E-state index is 10.7. The number of hydrogen-bond donors (Lipinski definition) is 1. The molecule has 0 unspecified atom stereocenters. The van der Waals surface area contributed by atoms with Crippen LogP contribution in [0, 0.1) is 0 Å². The maximum Gasteiger partial charge on any atom is 0.161 e. The topological polar surface area (TPSA) is 65.0 Å². The summed E-state index contributed by atoms with van der Waals surface area (Å²) in [6, 6.07) is 5.00. The molecule has 0 radical (unpaired) electrons. The smallest absolute Gasteiger partial charge is 0.161 e. The zero-order valence-electron chi connectivity index (χ0n) is 10.4. The van der Waals surface area contributed by atoms with Crippen LogP contribution in [0.3, 0.4) is 0 Å². The highest BCUT2D eigenvalue weighted by molar-refractivity contribution is 5.76.